The molecule has 0 aliphatic heterocycles. The van der Waals surface area contributed by atoms with Crippen LogP contribution in [0.2, 0.25) is 0 Å². The molecule has 0 fully saturated rings. The van der Waals surface area contributed by atoms with Crippen molar-refractivity contribution in [1.29, 1.82) is 0 Å². The van der Waals surface area contributed by atoms with Gasteiger partial charge in [-0.05, 0) is 18.2 Å². The van der Waals surface area contributed by atoms with E-state index in [-0.39, 0.29) is 21.6 Å². The van der Waals surface area contributed by atoms with Gasteiger partial charge in [0.15, 0.2) is 5.78 Å². The van der Waals surface area contributed by atoms with Gasteiger partial charge < -0.3 is 5.11 Å². The fraction of sp³-hybridized carbons (Fsp3) is 0.125. The minimum atomic E-state index is -3.68. The molecule has 0 saturated carbocycles. The highest BCUT2D eigenvalue weighted by Gasteiger charge is 2.21. The number of carbonyl (C=O) groups is 2. The molecular formula is C16H15NO5S. The van der Waals surface area contributed by atoms with E-state index in [2.05, 4.69) is 0 Å². The number of benzene rings is 2. The molecule has 0 saturated heterocycles. The molecule has 0 aliphatic carbocycles. The maximum atomic E-state index is 12.5. The summed E-state index contributed by atoms with van der Waals surface area (Å²) in [5, 5.41) is 9.16. The van der Waals surface area contributed by atoms with Crippen LogP contribution in [0, 0.1) is 0 Å². The van der Waals surface area contributed by atoms with Crippen LogP contribution in [0.1, 0.15) is 26.3 Å². The fourth-order valence-corrected chi connectivity index (χ4v) is 2.98. The van der Waals surface area contributed by atoms with Crippen molar-refractivity contribution in [2.75, 3.05) is 14.1 Å². The molecule has 0 spiro atoms. The molecule has 23 heavy (non-hydrogen) atoms. The number of sulfonamides is 1. The third-order valence-corrected chi connectivity index (χ3v) is 5.09. The Balaban J connectivity index is 2.53. The topological polar surface area (TPSA) is 91.8 Å². The maximum Gasteiger partial charge on any atom is 0.336 e. The zero-order valence-corrected chi connectivity index (χ0v) is 13.4. The van der Waals surface area contributed by atoms with E-state index in [9.17, 15) is 18.0 Å². The molecule has 0 heterocycles. The molecular weight excluding hydrogens is 318 g/mol. The Hall–Kier alpha value is -2.51. The third-order valence-electron chi connectivity index (χ3n) is 3.28. The molecule has 0 aromatic heterocycles. The van der Waals surface area contributed by atoms with Crippen LogP contribution in [-0.4, -0.2) is 43.7 Å². The van der Waals surface area contributed by atoms with Crippen molar-refractivity contribution >= 4 is 21.8 Å². The normalized spacial score (nSPS) is 11.4. The molecule has 6 nitrogen and oxygen atoms in total. The lowest BCUT2D eigenvalue weighted by atomic mass is 9.98. The molecule has 0 aliphatic rings. The number of nitrogens with zero attached hydrogens (tertiary/aromatic N) is 1. The second kappa shape index (κ2) is 6.31. The van der Waals surface area contributed by atoms with Crippen molar-refractivity contribution in [3.63, 3.8) is 0 Å². The van der Waals surface area contributed by atoms with Gasteiger partial charge in [-0.1, -0.05) is 30.3 Å². The Labute approximate surface area is 134 Å². The van der Waals surface area contributed by atoms with Crippen molar-refractivity contribution in [3.8, 4) is 0 Å². The van der Waals surface area contributed by atoms with Crippen LogP contribution in [-0.2, 0) is 10.0 Å². The SMILES string of the molecule is CN(C)S(=O)(=O)c1cccc(C(=O)c2ccccc2C(=O)O)c1. The molecule has 0 atom stereocenters. The van der Waals surface area contributed by atoms with Gasteiger partial charge in [-0.2, -0.15) is 0 Å². The molecule has 0 amide bonds. The lowest BCUT2D eigenvalue weighted by Gasteiger charge is -2.12. The molecule has 0 unspecified atom stereocenters. The molecule has 1 N–H and O–H groups in total. The summed E-state index contributed by atoms with van der Waals surface area (Å²) < 4.78 is 25.3. The molecule has 120 valence electrons. The number of carboxylic acid groups (broad SMARTS) is 1. The first kappa shape index (κ1) is 16.9. The Bertz CT molecular complexity index is 872. The molecule has 2 aromatic rings. The summed E-state index contributed by atoms with van der Waals surface area (Å²) in [6, 6.07) is 11.3. The molecule has 7 heteroatoms. The van der Waals surface area contributed by atoms with Crippen LogP contribution in [0.25, 0.3) is 0 Å². The summed E-state index contributed by atoms with van der Waals surface area (Å²) in [6.45, 7) is 0. The van der Waals surface area contributed by atoms with E-state index in [1.165, 1.54) is 56.6 Å². The Morgan fingerprint density at radius 1 is 0.957 bits per heavy atom. The zero-order valence-electron chi connectivity index (χ0n) is 12.6. The van der Waals surface area contributed by atoms with Crippen molar-refractivity contribution in [3.05, 3.63) is 65.2 Å². The second-order valence-electron chi connectivity index (χ2n) is 5.00. The van der Waals surface area contributed by atoms with Crippen LogP contribution < -0.4 is 0 Å². The Morgan fingerprint density at radius 2 is 1.57 bits per heavy atom. The van der Waals surface area contributed by atoms with E-state index in [1.54, 1.807) is 6.07 Å². The fourth-order valence-electron chi connectivity index (χ4n) is 2.03. The van der Waals surface area contributed by atoms with E-state index in [1.807, 2.05) is 0 Å². The highest BCUT2D eigenvalue weighted by molar-refractivity contribution is 7.89. The number of aromatic carboxylic acids is 1. The summed E-state index contributed by atoms with van der Waals surface area (Å²) >= 11 is 0. The van der Waals surface area contributed by atoms with Gasteiger partial charge in [0.25, 0.3) is 0 Å². The van der Waals surface area contributed by atoms with Gasteiger partial charge in [-0.25, -0.2) is 17.5 Å². The standard InChI is InChI=1S/C16H15NO5S/c1-17(2)23(21,22)12-7-5-6-11(10-12)15(18)13-8-3-4-9-14(13)16(19)20/h3-10H,1-2H3,(H,19,20). The van der Waals surface area contributed by atoms with Gasteiger partial charge in [0.05, 0.1) is 10.5 Å². The minimum absolute atomic E-state index is 0.0133. The lowest BCUT2D eigenvalue weighted by Crippen LogP contribution is -2.22. The van der Waals surface area contributed by atoms with Crippen molar-refractivity contribution in [2.45, 2.75) is 4.90 Å². The summed E-state index contributed by atoms with van der Waals surface area (Å²) in [6.07, 6.45) is 0. The number of hydrogen-bond donors (Lipinski definition) is 1. The highest BCUT2D eigenvalue weighted by atomic mass is 32.2. The minimum Gasteiger partial charge on any atom is -0.478 e. The number of rotatable bonds is 5. The summed E-state index contributed by atoms with van der Waals surface area (Å²) in [7, 11) is -0.892. The van der Waals surface area contributed by atoms with Crippen LogP contribution >= 0.6 is 0 Å². The van der Waals surface area contributed by atoms with E-state index in [0.29, 0.717) is 0 Å². The zero-order chi connectivity index (χ0) is 17.2. The summed E-state index contributed by atoms with van der Waals surface area (Å²) in [5.74, 6) is -1.76. The maximum absolute atomic E-state index is 12.5. The average molecular weight is 333 g/mol. The Kier molecular flexibility index (Phi) is 4.63. The smallest absolute Gasteiger partial charge is 0.336 e. The van der Waals surface area contributed by atoms with Gasteiger partial charge in [0.2, 0.25) is 10.0 Å². The van der Waals surface area contributed by atoms with Gasteiger partial charge in [0, 0.05) is 25.2 Å². The van der Waals surface area contributed by atoms with Gasteiger partial charge in [-0.3, -0.25) is 4.79 Å². The summed E-state index contributed by atoms with van der Waals surface area (Å²) in [5.41, 5.74) is -0.000559. The first-order chi connectivity index (χ1) is 10.7. The van der Waals surface area contributed by atoms with E-state index >= 15 is 0 Å². The van der Waals surface area contributed by atoms with E-state index in [4.69, 9.17) is 5.11 Å². The monoisotopic (exact) mass is 333 g/mol. The number of ketones is 1. The summed E-state index contributed by atoms with van der Waals surface area (Å²) in [4.78, 5) is 23.7. The third kappa shape index (κ3) is 3.30. The Morgan fingerprint density at radius 3 is 2.13 bits per heavy atom. The molecule has 2 rings (SSSR count). The largest absolute Gasteiger partial charge is 0.478 e. The average Bonchev–Trinajstić information content (AvgIpc) is 2.54. The molecule has 0 radical (unpaired) electrons. The first-order valence-electron chi connectivity index (χ1n) is 6.65. The quantitative estimate of drug-likeness (QED) is 0.843. The second-order valence-corrected chi connectivity index (χ2v) is 7.15. The van der Waals surface area contributed by atoms with Crippen LogP contribution in [0.15, 0.2) is 53.4 Å². The lowest BCUT2D eigenvalue weighted by molar-refractivity contribution is 0.0692. The van der Waals surface area contributed by atoms with Crippen LogP contribution in [0.3, 0.4) is 0 Å². The number of carboxylic acids is 1. The highest BCUT2D eigenvalue weighted by Crippen LogP contribution is 2.19. The van der Waals surface area contributed by atoms with Crippen LogP contribution in [0.4, 0.5) is 0 Å². The van der Waals surface area contributed by atoms with Crippen LogP contribution in [0.5, 0.6) is 0 Å². The predicted octanol–water partition coefficient (Wildman–Crippen LogP) is 1.87. The number of hydrogen-bond acceptors (Lipinski definition) is 4. The van der Waals surface area contributed by atoms with E-state index < -0.39 is 21.8 Å². The first-order valence-corrected chi connectivity index (χ1v) is 8.09. The van der Waals surface area contributed by atoms with Crippen molar-refractivity contribution in [1.82, 2.24) is 4.31 Å². The van der Waals surface area contributed by atoms with E-state index in [0.717, 1.165) is 4.31 Å². The van der Waals surface area contributed by atoms with Crippen molar-refractivity contribution in [2.24, 2.45) is 0 Å². The van der Waals surface area contributed by atoms with Gasteiger partial charge in [0.1, 0.15) is 0 Å². The van der Waals surface area contributed by atoms with Crippen molar-refractivity contribution < 1.29 is 23.1 Å². The molecule has 2 aromatic carbocycles. The molecule has 0 bridgehead atoms. The van der Waals surface area contributed by atoms with Gasteiger partial charge >= 0.3 is 5.97 Å². The predicted molar refractivity (Wildman–Crippen MR) is 84.1 cm³/mol. The number of carbonyl (C=O) groups excluding carboxylic acids is 1. The van der Waals surface area contributed by atoms with Gasteiger partial charge in [-0.15, -0.1) is 0 Å².